The van der Waals surface area contributed by atoms with Crippen LogP contribution < -0.4 is 10.1 Å². The molecule has 1 heterocycles. The lowest BCUT2D eigenvalue weighted by atomic mass is 10.1. The number of benzene rings is 3. The van der Waals surface area contributed by atoms with Gasteiger partial charge >= 0.3 is 6.03 Å². The van der Waals surface area contributed by atoms with E-state index in [0.29, 0.717) is 16.3 Å². The van der Waals surface area contributed by atoms with Crippen LogP contribution in [0.2, 0.25) is 5.02 Å². The standard InChI is InChI=1S/C24H18ClFN2O3/c25-19-9-5-16(6-10-19)14-28-23(29)21(27-24(28)30)13-18-3-1-2-4-22(18)31-15-17-7-11-20(26)12-8-17/h1-13H,14-15H2,(H,27,30)/b21-13+. The summed E-state index contributed by atoms with van der Waals surface area (Å²) in [6.45, 7) is 0.380. The predicted molar refractivity (Wildman–Crippen MR) is 116 cm³/mol. The van der Waals surface area contributed by atoms with Crippen LogP contribution in [0.25, 0.3) is 6.08 Å². The number of halogens is 2. The number of nitrogens with zero attached hydrogens (tertiary/aromatic N) is 1. The SMILES string of the molecule is O=C1N/C(=C/c2ccccc2OCc2ccc(F)cc2)C(=O)N1Cc1ccc(Cl)cc1. The molecule has 1 aliphatic heterocycles. The average Bonchev–Trinajstić information content (AvgIpc) is 3.03. The highest BCUT2D eigenvalue weighted by molar-refractivity contribution is 6.30. The van der Waals surface area contributed by atoms with Crippen LogP contribution in [0, 0.1) is 5.82 Å². The molecule has 1 aliphatic rings. The molecule has 156 valence electrons. The second kappa shape index (κ2) is 9.02. The Bertz CT molecular complexity index is 1140. The number of amides is 3. The Morgan fingerprint density at radius 1 is 0.935 bits per heavy atom. The van der Waals surface area contributed by atoms with Crippen molar-refractivity contribution < 1.29 is 18.7 Å². The maximum absolute atomic E-state index is 13.1. The number of hydrogen-bond acceptors (Lipinski definition) is 3. The van der Waals surface area contributed by atoms with Crippen molar-refractivity contribution in [2.75, 3.05) is 0 Å². The smallest absolute Gasteiger partial charge is 0.329 e. The molecule has 7 heteroatoms. The van der Waals surface area contributed by atoms with Gasteiger partial charge in [-0.15, -0.1) is 0 Å². The maximum Gasteiger partial charge on any atom is 0.329 e. The van der Waals surface area contributed by atoms with Crippen molar-refractivity contribution in [2.45, 2.75) is 13.2 Å². The first-order valence-corrected chi connectivity index (χ1v) is 9.92. The summed E-state index contributed by atoms with van der Waals surface area (Å²) in [7, 11) is 0. The van der Waals surface area contributed by atoms with Crippen LogP contribution in [0.4, 0.5) is 9.18 Å². The fourth-order valence-electron chi connectivity index (χ4n) is 3.12. The summed E-state index contributed by atoms with van der Waals surface area (Å²) in [6, 6.07) is 19.7. The number of para-hydroxylation sites is 1. The number of urea groups is 1. The van der Waals surface area contributed by atoms with Gasteiger partial charge in [0.2, 0.25) is 0 Å². The molecular weight excluding hydrogens is 419 g/mol. The third kappa shape index (κ3) is 4.92. The van der Waals surface area contributed by atoms with Gasteiger partial charge in [0.15, 0.2) is 0 Å². The van der Waals surface area contributed by atoms with Gasteiger partial charge in [-0.1, -0.05) is 54.1 Å². The number of carbonyl (C=O) groups excluding carboxylic acids is 2. The molecule has 0 unspecified atom stereocenters. The fourth-order valence-corrected chi connectivity index (χ4v) is 3.24. The Labute approximate surface area is 183 Å². The van der Waals surface area contributed by atoms with Gasteiger partial charge < -0.3 is 10.1 Å². The second-order valence-corrected chi connectivity index (χ2v) is 7.40. The second-order valence-electron chi connectivity index (χ2n) is 6.96. The lowest BCUT2D eigenvalue weighted by Gasteiger charge is -2.12. The summed E-state index contributed by atoms with van der Waals surface area (Å²) in [4.78, 5) is 26.3. The van der Waals surface area contributed by atoms with E-state index in [9.17, 15) is 14.0 Å². The van der Waals surface area contributed by atoms with E-state index in [1.54, 1.807) is 54.6 Å². The van der Waals surface area contributed by atoms with Gasteiger partial charge in [-0.2, -0.15) is 0 Å². The van der Waals surface area contributed by atoms with Crippen molar-refractivity contribution in [3.05, 3.63) is 106 Å². The van der Waals surface area contributed by atoms with Crippen LogP contribution in [-0.2, 0) is 17.9 Å². The fraction of sp³-hybridized carbons (Fsp3) is 0.0833. The van der Waals surface area contributed by atoms with E-state index < -0.39 is 11.9 Å². The average molecular weight is 437 g/mol. The van der Waals surface area contributed by atoms with Gasteiger partial charge in [-0.05, 0) is 47.5 Å². The van der Waals surface area contributed by atoms with Crippen molar-refractivity contribution in [2.24, 2.45) is 0 Å². The number of imide groups is 1. The van der Waals surface area contributed by atoms with Crippen molar-refractivity contribution in [1.29, 1.82) is 0 Å². The minimum atomic E-state index is -0.490. The lowest BCUT2D eigenvalue weighted by molar-refractivity contribution is -0.123. The van der Waals surface area contributed by atoms with Crippen LogP contribution in [0.15, 0.2) is 78.5 Å². The van der Waals surface area contributed by atoms with E-state index in [-0.39, 0.29) is 24.7 Å². The van der Waals surface area contributed by atoms with E-state index in [4.69, 9.17) is 16.3 Å². The first-order valence-electron chi connectivity index (χ1n) is 9.55. The Morgan fingerprint density at radius 3 is 2.35 bits per heavy atom. The van der Waals surface area contributed by atoms with E-state index in [1.807, 2.05) is 12.1 Å². The lowest BCUT2D eigenvalue weighted by Crippen LogP contribution is -2.30. The van der Waals surface area contributed by atoms with Crippen LogP contribution in [0.1, 0.15) is 16.7 Å². The molecule has 0 radical (unpaired) electrons. The van der Waals surface area contributed by atoms with E-state index >= 15 is 0 Å². The number of ether oxygens (including phenoxy) is 1. The van der Waals surface area contributed by atoms with Crippen LogP contribution in [-0.4, -0.2) is 16.8 Å². The van der Waals surface area contributed by atoms with Crippen molar-refractivity contribution in [3.8, 4) is 5.75 Å². The zero-order valence-electron chi connectivity index (χ0n) is 16.3. The van der Waals surface area contributed by atoms with Crippen molar-refractivity contribution >= 4 is 29.6 Å². The zero-order chi connectivity index (χ0) is 21.8. The number of nitrogens with one attached hydrogen (secondary N) is 1. The third-order valence-corrected chi connectivity index (χ3v) is 4.99. The van der Waals surface area contributed by atoms with Gasteiger partial charge in [0.05, 0.1) is 6.54 Å². The van der Waals surface area contributed by atoms with E-state index in [1.165, 1.54) is 12.1 Å². The minimum Gasteiger partial charge on any atom is -0.488 e. The Hall–Kier alpha value is -3.64. The molecule has 3 aromatic carbocycles. The topological polar surface area (TPSA) is 58.6 Å². The normalized spacial score (nSPS) is 14.8. The van der Waals surface area contributed by atoms with Gasteiger partial charge in [-0.3, -0.25) is 9.69 Å². The molecule has 1 N–H and O–H groups in total. The summed E-state index contributed by atoms with van der Waals surface area (Å²) < 4.78 is 18.9. The molecule has 0 atom stereocenters. The quantitative estimate of drug-likeness (QED) is 0.429. The highest BCUT2D eigenvalue weighted by Crippen LogP contribution is 2.24. The minimum absolute atomic E-state index is 0.141. The van der Waals surface area contributed by atoms with Gasteiger partial charge in [-0.25, -0.2) is 9.18 Å². The summed E-state index contributed by atoms with van der Waals surface area (Å²) in [5.74, 6) is -0.196. The van der Waals surface area contributed by atoms with E-state index in [2.05, 4.69) is 5.32 Å². The highest BCUT2D eigenvalue weighted by atomic mass is 35.5. The molecule has 0 spiro atoms. The van der Waals surface area contributed by atoms with Crippen molar-refractivity contribution in [3.63, 3.8) is 0 Å². The number of hydrogen-bond donors (Lipinski definition) is 1. The number of carbonyl (C=O) groups is 2. The first-order chi connectivity index (χ1) is 15.0. The number of rotatable bonds is 6. The molecule has 1 fully saturated rings. The molecular formula is C24H18ClFN2O3. The summed E-state index contributed by atoms with van der Waals surface area (Å²) in [5.41, 5.74) is 2.40. The molecule has 3 amide bonds. The molecule has 0 aliphatic carbocycles. The molecule has 0 bridgehead atoms. The van der Waals surface area contributed by atoms with Crippen molar-refractivity contribution in [1.82, 2.24) is 10.2 Å². The summed E-state index contributed by atoms with van der Waals surface area (Å²) >= 11 is 5.89. The van der Waals surface area contributed by atoms with Gasteiger partial charge in [0, 0.05) is 10.6 Å². The molecule has 3 aromatic rings. The largest absolute Gasteiger partial charge is 0.488 e. The summed E-state index contributed by atoms with van der Waals surface area (Å²) in [5, 5.41) is 3.20. The molecule has 1 saturated heterocycles. The molecule has 4 rings (SSSR count). The predicted octanol–water partition coefficient (Wildman–Crippen LogP) is 5.15. The third-order valence-electron chi connectivity index (χ3n) is 4.74. The summed E-state index contributed by atoms with van der Waals surface area (Å²) in [6.07, 6.45) is 1.59. The van der Waals surface area contributed by atoms with Crippen LogP contribution >= 0.6 is 11.6 Å². The highest BCUT2D eigenvalue weighted by Gasteiger charge is 2.33. The Morgan fingerprint density at radius 2 is 1.61 bits per heavy atom. The molecule has 5 nitrogen and oxygen atoms in total. The first kappa shape index (κ1) is 20.6. The Kier molecular flexibility index (Phi) is 6.00. The monoisotopic (exact) mass is 436 g/mol. The molecule has 0 saturated carbocycles. The van der Waals surface area contributed by atoms with Crippen LogP contribution in [0.5, 0.6) is 5.75 Å². The van der Waals surface area contributed by atoms with Gasteiger partial charge in [0.25, 0.3) is 5.91 Å². The zero-order valence-corrected chi connectivity index (χ0v) is 17.1. The molecule has 0 aromatic heterocycles. The van der Waals surface area contributed by atoms with Gasteiger partial charge in [0.1, 0.15) is 23.9 Å². The molecule has 31 heavy (non-hydrogen) atoms. The van der Waals surface area contributed by atoms with E-state index in [0.717, 1.165) is 16.0 Å². The van der Waals surface area contributed by atoms with Crippen LogP contribution in [0.3, 0.4) is 0 Å². The Balaban J connectivity index is 1.50. The maximum atomic E-state index is 13.1.